The number of nitrogens with zero attached hydrogens (tertiary/aromatic N) is 4. The summed E-state index contributed by atoms with van der Waals surface area (Å²) in [5.74, 6) is 0.992. The molecule has 1 aliphatic carbocycles. The molecule has 0 radical (unpaired) electrons. The van der Waals surface area contributed by atoms with E-state index in [1.165, 1.54) is 7.11 Å². The van der Waals surface area contributed by atoms with Crippen LogP contribution in [0, 0.1) is 0 Å². The maximum Gasteiger partial charge on any atom is 0.338 e. The maximum atomic E-state index is 12.4. The highest BCUT2D eigenvalue weighted by atomic mass is 28.3. The van der Waals surface area contributed by atoms with Crippen molar-refractivity contribution in [1.82, 2.24) is 19.1 Å². The molecule has 8 nitrogen and oxygen atoms in total. The molecule has 0 spiro atoms. The van der Waals surface area contributed by atoms with Crippen LogP contribution in [0.15, 0.2) is 36.9 Å². The standard InChI is InChI=1S/C29H36N4O4Si/c1-18(2)22-11-8-19-15-24(32(27(19)30-22)17-37-12-13-38(5,6)7)28-31-23-14-20(29(34)36-4)16-25(35-3)26(23)33(28)21-9-10-21/h8,11,14-16,21H,1,9-10,12-13,17H2,2-7H3. The van der Waals surface area contributed by atoms with Gasteiger partial charge in [-0.3, -0.25) is 4.57 Å². The third-order valence-corrected chi connectivity index (χ3v) is 8.63. The second-order valence-electron chi connectivity index (χ2n) is 11.3. The van der Waals surface area contributed by atoms with Crippen molar-refractivity contribution in [2.24, 2.45) is 0 Å². The van der Waals surface area contributed by atoms with Gasteiger partial charge in [-0.2, -0.15) is 0 Å². The van der Waals surface area contributed by atoms with E-state index in [0.717, 1.165) is 58.2 Å². The first-order valence-corrected chi connectivity index (χ1v) is 16.7. The summed E-state index contributed by atoms with van der Waals surface area (Å²) in [7, 11) is 1.76. The van der Waals surface area contributed by atoms with Gasteiger partial charge in [-0.1, -0.05) is 26.2 Å². The van der Waals surface area contributed by atoms with Crippen LogP contribution >= 0.6 is 0 Å². The monoisotopic (exact) mass is 532 g/mol. The SMILES string of the molecule is C=C(C)c1ccc2cc(-c3nc4cc(C(=O)OC)cc(OC)c4n3C3CC3)n(COCC[Si](C)(C)C)c2n1. The summed E-state index contributed by atoms with van der Waals surface area (Å²) in [6.07, 6.45) is 2.12. The van der Waals surface area contributed by atoms with Crippen molar-refractivity contribution < 1.29 is 19.0 Å². The number of benzene rings is 1. The van der Waals surface area contributed by atoms with Crippen LogP contribution < -0.4 is 4.74 Å². The predicted molar refractivity (Wildman–Crippen MR) is 153 cm³/mol. The van der Waals surface area contributed by atoms with Crippen molar-refractivity contribution in [3.8, 4) is 17.3 Å². The minimum Gasteiger partial charge on any atom is -0.494 e. The number of pyridine rings is 1. The number of hydrogen-bond donors (Lipinski definition) is 0. The van der Waals surface area contributed by atoms with E-state index >= 15 is 0 Å². The van der Waals surface area contributed by atoms with E-state index in [4.69, 9.17) is 24.2 Å². The normalized spacial score (nSPS) is 13.8. The molecule has 5 rings (SSSR count). The molecule has 3 heterocycles. The molecule has 200 valence electrons. The fraction of sp³-hybridized carbons (Fsp3) is 0.414. The Morgan fingerprint density at radius 3 is 2.53 bits per heavy atom. The Hall–Kier alpha value is -3.43. The van der Waals surface area contributed by atoms with E-state index in [1.54, 1.807) is 19.2 Å². The van der Waals surface area contributed by atoms with Gasteiger partial charge in [0.2, 0.25) is 0 Å². The summed E-state index contributed by atoms with van der Waals surface area (Å²) in [5, 5.41) is 1.01. The number of aromatic nitrogens is 4. The smallest absolute Gasteiger partial charge is 0.338 e. The van der Waals surface area contributed by atoms with Crippen LogP contribution in [0.5, 0.6) is 5.75 Å². The first kappa shape index (κ1) is 26.2. The third-order valence-electron chi connectivity index (χ3n) is 6.93. The van der Waals surface area contributed by atoms with Gasteiger partial charge < -0.3 is 18.8 Å². The largest absolute Gasteiger partial charge is 0.494 e. The van der Waals surface area contributed by atoms with Crippen LogP contribution in [0.25, 0.3) is 39.2 Å². The Morgan fingerprint density at radius 2 is 1.89 bits per heavy atom. The van der Waals surface area contributed by atoms with Gasteiger partial charge in [0.25, 0.3) is 0 Å². The van der Waals surface area contributed by atoms with Gasteiger partial charge in [-0.15, -0.1) is 0 Å². The second kappa shape index (κ2) is 10.0. The lowest BCUT2D eigenvalue weighted by Gasteiger charge is -2.17. The summed E-state index contributed by atoms with van der Waals surface area (Å²) in [6, 6.07) is 11.1. The molecule has 1 aliphatic rings. The Bertz CT molecular complexity index is 1540. The third kappa shape index (κ3) is 5.00. The van der Waals surface area contributed by atoms with Crippen molar-refractivity contribution in [3.63, 3.8) is 0 Å². The van der Waals surface area contributed by atoms with Gasteiger partial charge in [0.15, 0.2) is 5.82 Å². The Kier molecular flexibility index (Phi) is 6.91. The lowest BCUT2D eigenvalue weighted by molar-refractivity contribution is 0.0600. The second-order valence-corrected chi connectivity index (χ2v) is 16.9. The number of rotatable bonds is 10. The topological polar surface area (TPSA) is 80.4 Å². The molecule has 4 aromatic rings. The number of allylic oxidation sites excluding steroid dienone is 1. The minimum absolute atomic E-state index is 0.311. The zero-order valence-electron chi connectivity index (χ0n) is 23.1. The predicted octanol–water partition coefficient (Wildman–Crippen LogP) is 6.53. The summed E-state index contributed by atoms with van der Waals surface area (Å²) >= 11 is 0. The maximum absolute atomic E-state index is 12.4. The van der Waals surface area contributed by atoms with Crippen molar-refractivity contribution in [2.45, 2.75) is 58.2 Å². The Labute approximate surface area is 224 Å². The summed E-state index contributed by atoms with van der Waals surface area (Å²) in [4.78, 5) is 22.4. The van der Waals surface area contributed by atoms with Crippen molar-refractivity contribution in [1.29, 1.82) is 0 Å². The lowest BCUT2D eigenvalue weighted by atomic mass is 10.2. The highest BCUT2D eigenvalue weighted by Gasteiger charge is 2.32. The zero-order chi connectivity index (χ0) is 27.2. The van der Waals surface area contributed by atoms with Crippen molar-refractivity contribution in [2.75, 3.05) is 20.8 Å². The molecule has 0 atom stereocenters. The fourth-order valence-corrected chi connectivity index (χ4v) is 5.43. The number of hydrogen-bond acceptors (Lipinski definition) is 6. The van der Waals surface area contributed by atoms with Gasteiger partial charge >= 0.3 is 5.97 Å². The average molecular weight is 533 g/mol. The molecule has 1 aromatic carbocycles. The number of carbonyl (C=O) groups is 1. The van der Waals surface area contributed by atoms with E-state index in [9.17, 15) is 4.79 Å². The summed E-state index contributed by atoms with van der Waals surface area (Å²) < 4.78 is 21.3. The van der Waals surface area contributed by atoms with E-state index in [2.05, 4.69) is 47.5 Å². The molecule has 9 heteroatoms. The lowest BCUT2D eigenvalue weighted by Crippen LogP contribution is -2.22. The minimum atomic E-state index is -1.23. The number of imidazole rings is 1. The highest BCUT2D eigenvalue weighted by molar-refractivity contribution is 6.76. The fourth-order valence-electron chi connectivity index (χ4n) is 4.67. The molecular weight excluding hydrogens is 496 g/mol. The first-order valence-electron chi connectivity index (χ1n) is 13.0. The first-order chi connectivity index (χ1) is 18.1. The molecular formula is C29H36N4O4Si. The van der Waals surface area contributed by atoms with Gasteiger partial charge in [0, 0.05) is 26.1 Å². The number of carbonyl (C=O) groups excluding carboxylic acids is 1. The average Bonchev–Trinajstić information content (AvgIpc) is 3.55. The van der Waals surface area contributed by atoms with E-state index < -0.39 is 14.0 Å². The van der Waals surface area contributed by atoms with E-state index in [1.807, 2.05) is 13.0 Å². The highest BCUT2D eigenvalue weighted by Crippen LogP contribution is 2.44. The molecule has 0 aliphatic heterocycles. The van der Waals surface area contributed by atoms with Crippen LogP contribution in [0.3, 0.4) is 0 Å². The molecule has 1 saturated carbocycles. The number of methoxy groups -OCH3 is 2. The van der Waals surface area contributed by atoms with Crippen LogP contribution in [-0.2, 0) is 16.2 Å². The molecule has 38 heavy (non-hydrogen) atoms. The quantitative estimate of drug-likeness (QED) is 0.131. The molecule has 0 amide bonds. The van der Waals surface area contributed by atoms with Crippen LogP contribution in [0.4, 0.5) is 0 Å². The molecule has 0 saturated heterocycles. The number of ether oxygens (including phenoxy) is 3. The molecule has 1 fully saturated rings. The van der Waals surface area contributed by atoms with Crippen LogP contribution in [0.2, 0.25) is 25.7 Å². The van der Waals surface area contributed by atoms with Gasteiger partial charge in [0.05, 0.1) is 36.7 Å². The van der Waals surface area contributed by atoms with Gasteiger partial charge in [-0.05, 0) is 61.7 Å². The summed E-state index contributed by atoms with van der Waals surface area (Å²) in [6.45, 7) is 14.2. The summed E-state index contributed by atoms with van der Waals surface area (Å²) in [5.41, 5.74) is 5.50. The Morgan fingerprint density at radius 1 is 1.13 bits per heavy atom. The number of esters is 1. The molecule has 0 N–H and O–H groups in total. The van der Waals surface area contributed by atoms with Gasteiger partial charge in [-0.25, -0.2) is 14.8 Å². The van der Waals surface area contributed by atoms with Crippen molar-refractivity contribution in [3.05, 3.63) is 48.2 Å². The molecule has 3 aromatic heterocycles. The molecule has 0 unspecified atom stereocenters. The van der Waals surface area contributed by atoms with Gasteiger partial charge in [0.1, 0.15) is 23.6 Å². The van der Waals surface area contributed by atoms with E-state index in [0.29, 0.717) is 36.2 Å². The van der Waals surface area contributed by atoms with Crippen LogP contribution in [-0.4, -0.2) is 54.0 Å². The van der Waals surface area contributed by atoms with Crippen LogP contribution in [0.1, 0.15) is 41.9 Å². The molecule has 0 bridgehead atoms. The Balaban J connectivity index is 1.70. The number of fused-ring (bicyclic) bond motifs is 2. The zero-order valence-corrected chi connectivity index (χ0v) is 24.1. The van der Waals surface area contributed by atoms with E-state index in [-0.39, 0.29) is 0 Å². The van der Waals surface area contributed by atoms with Crippen molar-refractivity contribution >= 4 is 41.7 Å².